The van der Waals surface area contributed by atoms with Crippen LogP contribution in [0.15, 0.2) is 77.7 Å². The first kappa shape index (κ1) is 29.1. The smallest absolute Gasteiger partial charge is 0.387 e. The van der Waals surface area contributed by atoms with E-state index in [1.807, 2.05) is 0 Å². The number of sulfonamides is 1. The molecule has 0 radical (unpaired) electrons. The molecule has 0 aliphatic rings. The van der Waals surface area contributed by atoms with Crippen LogP contribution in [0, 0.1) is 5.41 Å². The van der Waals surface area contributed by atoms with E-state index in [4.69, 9.17) is 20.6 Å². The number of hydrogen-bond acceptors (Lipinski definition) is 8. The summed E-state index contributed by atoms with van der Waals surface area (Å²) in [5.41, 5.74) is 5.72. The molecule has 0 bridgehead atoms. The Morgan fingerprint density at radius 2 is 1.69 bits per heavy atom. The van der Waals surface area contributed by atoms with E-state index in [9.17, 15) is 22.8 Å². The lowest BCUT2D eigenvalue weighted by Crippen LogP contribution is -2.56. The zero-order valence-corrected chi connectivity index (χ0v) is 22.2. The number of nitrogens with two attached hydrogens (primary N) is 1. The Labute approximate surface area is 225 Å². The molecule has 39 heavy (non-hydrogen) atoms. The van der Waals surface area contributed by atoms with Crippen LogP contribution in [0.4, 0.5) is 5.69 Å². The quantitative estimate of drug-likeness (QED) is 0.112. The number of nitrogens with zero attached hydrogens (tertiary/aromatic N) is 1. The minimum atomic E-state index is -4.02. The normalized spacial score (nSPS) is 12.7. The molecule has 0 unspecified atom stereocenters. The summed E-state index contributed by atoms with van der Waals surface area (Å²) in [7, 11) is -4.02. The van der Waals surface area contributed by atoms with E-state index in [0.717, 1.165) is 13.1 Å². The van der Waals surface area contributed by atoms with Gasteiger partial charge in [-0.1, -0.05) is 54.6 Å². The molecular formula is C26H29N5O7S. The van der Waals surface area contributed by atoms with E-state index in [-0.39, 0.29) is 24.7 Å². The Balaban J connectivity index is 1.95. The second kappa shape index (κ2) is 12.4. The number of carbonyl (C=O) groups is 2. The van der Waals surface area contributed by atoms with Crippen LogP contribution >= 0.6 is 0 Å². The van der Waals surface area contributed by atoms with E-state index in [1.165, 1.54) is 19.1 Å². The van der Waals surface area contributed by atoms with Gasteiger partial charge in [0, 0.05) is 25.2 Å². The van der Waals surface area contributed by atoms with Gasteiger partial charge in [-0.3, -0.25) is 24.5 Å². The molecule has 0 spiro atoms. The lowest BCUT2D eigenvalue weighted by molar-refractivity contribution is -0.264. The number of nitrogens with one attached hydrogen (secondary N) is 3. The minimum absolute atomic E-state index is 0.0503. The molecule has 12 nitrogen and oxygen atoms in total. The number of esters is 1. The fourth-order valence-electron chi connectivity index (χ4n) is 3.66. The zero-order chi connectivity index (χ0) is 28.6. The first-order chi connectivity index (χ1) is 18.5. The monoisotopic (exact) mass is 555 g/mol. The van der Waals surface area contributed by atoms with Gasteiger partial charge in [-0.15, -0.1) is 0 Å². The van der Waals surface area contributed by atoms with Crippen LogP contribution in [0.3, 0.4) is 0 Å². The standard InChI is InChI=1S/C26H29N5O7S/c1-3-37-26(38-18(2)32,25(34)29-16-19-11-13-21(14-12-19)23(27)28)31-15-7-10-22(24(31)33)30-39(35,36)17-20-8-5-4-6-9-20/h4-15,30H,3,16-17H2,1-2H3,(H3,27,28)(H,29,34)/t26-/m0/s1. The number of nitrogen functional groups attached to an aromatic ring is 1. The lowest BCUT2D eigenvalue weighted by atomic mass is 10.1. The van der Waals surface area contributed by atoms with Crippen LogP contribution in [0.5, 0.6) is 0 Å². The molecule has 1 aromatic heterocycles. The van der Waals surface area contributed by atoms with E-state index in [1.54, 1.807) is 54.6 Å². The number of benzene rings is 2. The van der Waals surface area contributed by atoms with Crippen molar-refractivity contribution in [3.05, 3.63) is 100.0 Å². The number of aromatic nitrogens is 1. The molecule has 1 amide bonds. The highest BCUT2D eigenvalue weighted by Crippen LogP contribution is 2.22. The number of carbonyl (C=O) groups excluding carboxylic acids is 2. The second-order valence-electron chi connectivity index (χ2n) is 8.35. The van der Waals surface area contributed by atoms with Gasteiger partial charge in [0.05, 0.1) is 12.4 Å². The molecule has 0 fully saturated rings. The van der Waals surface area contributed by atoms with Crippen molar-refractivity contribution in [3.8, 4) is 0 Å². The molecule has 13 heteroatoms. The summed E-state index contributed by atoms with van der Waals surface area (Å²) in [5, 5.41) is 10.1. The van der Waals surface area contributed by atoms with Gasteiger partial charge in [-0.2, -0.15) is 0 Å². The first-order valence-corrected chi connectivity index (χ1v) is 13.4. The predicted molar refractivity (Wildman–Crippen MR) is 144 cm³/mol. The molecule has 3 rings (SSSR count). The van der Waals surface area contributed by atoms with E-state index in [0.29, 0.717) is 21.3 Å². The van der Waals surface area contributed by atoms with E-state index in [2.05, 4.69) is 10.0 Å². The molecule has 3 aromatic rings. The van der Waals surface area contributed by atoms with Crippen molar-refractivity contribution in [2.24, 2.45) is 5.73 Å². The summed E-state index contributed by atoms with van der Waals surface area (Å²) < 4.78 is 39.4. The SMILES string of the molecule is CCO[C@](OC(C)=O)(C(=O)NCc1ccc(C(=N)N)cc1)n1cccc(NS(=O)(=O)Cc2ccccc2)c1=O. The van der Waals surface area contributed by atoms with Gasteiger partial charge in [-0.25, -0.2) is 13.0 Å². The molecule has 0 aliphatic carbocycles. The molecule has 0 aliphatic heterocycles. The predicted octanol–water partition coefficient (Wildman–Crippen LogP) is 1.60. The summed E-state index contributed by atoms with van der Waals surface area (Å²) in [5.74, 6) is -4.99. The van der Waals surface area contributed by atoms with Crippen molar-refractivity contribution in [1.29, 1.82) is 5.41 Å². The Hall–Kier alpha value is -4.49. The third-order valence-electron chi connectivity index (χ3n) is 5.36. The fraction of sp³-hybridized carbons (Fsp3) is 0.231. The number of anilines is 1. The molecular weight excluding hydrogens is 526 g/mol. The van der Waals surface area contributed by atoms with Gasteiger partial charge in [0.25, 0.3) is 5.56 Å². The number of hydrogen-bond donors (Lipinski definition) is 4. The average molecular weight is 556 g/mol. The molecule has 0 saturated heterocycles. The van der Waals surface area contributed by atoms with Crippen LogP contribution in [-0.2, 0) is 47.3 Å². The lowest BCUT2D eigenvalue weighted by Gasteiger charge is -2.32. The highest BCUT2D eigenvalue weighted by Gasteiger charge is 2.47. The largest absolute Gasteiger partial charge is 0.405 e. The van der Waals surface area contributed by atoms with Crippen LogP contribution in [0.1, 0.15) is 30.5 Å². The number of ether oxygens (including phenoxy) is 2. The van der Waals surface area contributed by atoms with Crippen LogP contribution in [0.25, 0.3) is 0 Å². The van der Waals surface area contributed by atoms with Crippen molar-refractivity contribution >= 4 is 33.4 Å². The number of rotatable bonds is 12. The van der Waals surface area contributed by atoms with Gasteiger partial charge in [0.1, 0.15) is 11.5 Å². The molecule has 5 N–H and O–H groups in total. The maximum absolute atomic E-state index is 13.5. The maximum atomic E-state index is 13.5. The Morgan fingerprint density at radius 3 is 2.28 bits per heavy atom. The third-order valence-corrected chi connectivity index (χ3v) is 6.60. The fourth-order valence-corrected chi connectivity index (χ4v) is 4.85. The van der Waals surface area contributed by atoms with Crippen LogP contribution in [-0.4, -0.2) is 37.3 Å². The molecule has 206 valence electrons. The van der Waals surface area contributed by atoms with Crippen molar-refractivity contribution in [1.82, 2.24) is 9.88 Å². The highest BCUT2D eigenvalue weighted by atomic mass is 32.2. The minimum Gasteiger partial charge on any atom is -0.405 e. The van der Waals surface area contributed by atoms with Crippen molar-refractivity contribution in [2.75, 3.05) is 11.3 Å². The highest BCUT2D eigenvalue weighted by molar-refractivity contribution is 7.91. The van der Waals surface area contributed by atoms with Crippen LogP contribution in [0.2, 0.25) is 0 Å². The Kier molecular flexibility index (Phi) is 9.22. The van der Waals surface area contributed by atoms with Crippen molar-refractivity contribution in [3.63, 3.8) is 0 Å². The molecule has 1 atom stereocenters. The number of pyridine rings is 1. The van der Waals surface area contributed by atoms with Crippen LogP contribution < -0.4 is 21.3 Å². The summed E-state index contributed by atoms with van der Waals surface area (Å²) in [4.78, 5) is 39.0. The second-order valence-corrected chi connectivity index (χ2v) is 10.1. The van der Waals surface area contributed by atoms with Gasteiger partial charge in [0.15, 0.2) is 0 Å². The molecule has 1 heterocycles. The Bertz CT molecular complexity index is 1510. The zero-order valence-electron chi connectivity index (χ0n) is 21.3. The summed E-state index contributed by atoms with van der Waals surface area (Å²) in [6.45, 7) is 2.37. The van der Waals surface area contributed by atoms with Gasteiger partial charge >= 0.3 is 17.8 Å². The molecule has 2 aromatic carbocycles. The van der Waals surface area contributed by atoms with Gasteiger partial charge in [-0.05, 0) is 30.2 Å². The van der Waals surface area contributed by atoms with Crippen molar-refractivity contribution in [2.45, 2.75) is 32.1 Å². The number of amidine groups is 1. The topological polar surface area (TPSA) is 183 Å². The average Bonchev–Trinajstić information content (AvgIpc) is 2.88. The summed E-state index contributed by atoms with van der Waals surface area (Å²) >= 11 is 0. The Morgan fingerprint density at radius 1 is 1.03 bits per heavy atom. The van der Waals surface area contributed by atoms with E-state index >= 15 is 0 Å². The summed E-state index contributed by atoms with van der Waals surface area (Å²) in [6, 6.07) is 17.4. The maximum Gasteiger partial charge on any atom is 0.387 e. The van der Waals surface area contributed by atoms with E-state index < -0.39 is 39.1 Å². The van der Waals surface area contributed by atoms with Crippen molar-refractivity contribution < 1.29 is 27.5 Å². The third kappa shape index (κ3) is 7.30. The molecule has 0 saturated carbocycles. The van der Waals surface area contributed by atoms with Gasteiger partial charge in [0.2, 0.25) is 10.0 Å². The summed E-state index contributed by atoms with van der Waals surface area (Å²) in [6.07, 6.45) is 1.15. The number of amides is 1. The van der Waals surface area contributed by atoms with Gasteiger partial charge < -0.3 is 20.5 Å². The first-order valence-electron chi connectivity index (χ1n) is 11.8.